The lowest BCUT2D eigenvalue weighted by Gasteiger charge is -2.29. The predicted octanol–water partition coefficient (Wildman–Crippen LogP) is 4.40. The maximum absolute atomic E-state index is 14.1. The third-order valence-corrected chi connectivity index (χ3v) is 7.66. The molecule has 1 saturated carbocycles. The van der Waals surface area contributed by atoms with Gasteiger partial charge in [0.15, 0.2) is 0 Å². The van der Waals surface area contributed by atoms with Gasteiger partial charge in [-0.3, -0.25) is 9.59 Å². The van der Waals surface area contributed by atoms with Crippen LogP contribution in [0.1, 0.15) is 50.9 Å². The van der Waals surface area contributed by atoms with Gasteiger partial charge >= 0.3 is 6.18 Å². The maximum Gasteiger partial charge on any atom is 0.395 e. The van der Waals surface area contributed by atoms with Crippen molar-refractivity contribution in [2.24, 2.45) is 11.1 Å². The number of nitrogens with one attached hydrogen (secondary N) is 1. The van der Waals surface area contributed by atoms with Crippen molar-refractivity contribution in [1.29, 1.82) is 0 Å². The Morgan fingerprint density at radius 2 is 1.88 bits per heavy atom. The summed E-state index contributed by atoms with van der Waals surface area (Å²) in [4.78, 5) is 27.3. The highest BCUT2D eigenvalue weighted by molar-refractivity contribution is 7.12. The number of alkyl halides is 3. The lowest BCUT2D eigenvalue weighted by Crippen LogP contribution is -2.42. The molecule has 186 valence electrons. The Morgan fingerprint density at radius 1 is 1.21 bits per heavy atom. The number of likely N-dealkylation sites (N-methyl/N-ethyl adjacent to an activating group) is 1. The molecule has 1 fully saturated rings. The van der Waals surface area contributed by atoms with Crippen LogP contribution in [0.25, 0.3) is 0 Å². The third kappa shape index (κ3) is 5.78. The molecule has 3 N–H and O–H groups in total. The Bertz CT molecular complexity index is 1050. The quantitative estimate of drug-likeness (QED) is 0.476. The van der Waals surface area contributed by atoms with E-state index in [1.165, 1.54) is 23.5 Å². The molecule has 1 heterocycles. The number of nitrogens with two attached hydrogens (primary N) is 1. The van der Waals surface area contributed by atoms with Crippen molar-refractivity contribution in [3.05, 3.63) is 57.0 Å². The van der Waals surface area contributed by atoms with Crippen LogP contribution in [0.5, 0.6) is 0 Å². The molecule has 1 aliphatic rings. The van der Waals surface area contributed by atoms with Crippen molar-refractivity contribution in [1.82, 2.24) is 10.2 Å². The number of rotatable bonds is 10. The molecule has 10 heteroatoms. The third-order valence-electron chi connectivity index (χ3n) is 6.55. The van der Waals surface area contributed by atoms with E-state index in [1.807, 2.05) is 11.8 Å². The number of carbonyl (C=O) groups excluding carboxylic acids is 2. The van der Waals surface area contributed by atoms with Crippen LogP contribution < -0.4 is 11.1 Å². The number of primary amides is 1. The minimum Gasteiger partial charge on any atom is -0.366 e. The Labute approximate surface area is 200 Å². The predicted molar refractivity (Wildman–Crippen MR) is 123 cm³/mol. The first-order valence-electron chi connectivity index (χ1n) is 11.0. The zero-order valence-electron chi connectivity index (χ0n) is 19.3. The van der Waals surface area contributed by atoms with Crippen LogP contribution in [0.3, 0.4) is 0 Å². The van der Waals surface area contributed by atoms with E-state index in [2.05, 4.69) is 5.32 Å². The minimum atomic E-state index is -4.37. The van der Waals surface area contributed by atoms with Gasteiger partial charge in [-0.2, -0.15) is 13.2 Å². The molecule has 0 spiro atoms. The summed E-state index contributed by atoms with van der Waals surface area (Å²) >= 11 is 1.30. The zero-order chi connectivity index (χ0) is 25.3. The summed E-state index contributed by atoms with van der Waals surface area (Å²) in [7, 11) is 3.59. The molecule has 1 aromatic heterocycles. The van der Waals surface area contributed by atoms with Gasteiger partial charge in [-0.05, 0) is 70.1 Å². The summed E-state index contributed by atoms with van der Waals surface area (Å²) in [5.41, 5.74) is 3.70. The van der Waals surface area contributed by atoms with Gasteiger partial charge in [0.05, 0.1) is 11.0 Å². The molecule has 2 amide bonds. The zero-order valence-corrected chi connectivity index (χ0v) is 20.2. The van der Waals surface area contributed by atoms with E-state index in [4.69, 9.17) is 5.73 Å². The fraction of sp³-hybridized carbons (Fsp3) is 0.500. The van der Waals surface area contributed by atoms with Crippen LogP contribution in [0.4, 0.5) is 17.6 Å². The number of hydrogen-bond donors (Lipinski definition) is 2. The Hall–Kier alpha value is -2.46. The minimum absolute atomic E-state index is 0.0264. The second-order valence-electron chi connectivity index (χ2n) is 9.16. The van der Waals surface area contributed by atoms with E-state index < -0.39 is 35.1 Å². The van der Waals surface area contributed by atoms with Crippen LogP contribution in [0.2, 0.25) is 0 Å². The van der Waals surface area contributed by atoms with Gasteiger partial charge in [-0.15, -0.1) is 11.3 Å². The van der Waals surface area contributed by atoms with Crippen molar-refractivity contribution in [3.63, 3.8) is 0 Å². The van der Waals surface area contributed by atoms with E-state index in [9.17, 15) is 27.2 Å². The molecule has 34 heavy (non-hydrogen) atoms. The molecule has 0 bridgehead atoms. The van der Waals surface area contributed by atoms with Gasteiger partial charge in [0, 0.05) is 34.7 Å². The highest BCUT2D eigenvalue weighted by Crippen LogP contribution is 2.66. The Morgan fingerprint density at radius 3 is 2.35 bits per heavy atom. The summed E-state index contributed by atoms with van der Waals surface area (Å²) in [6, 6.07) is 7.38. The smallest absolute Gasteiger partial charge is 0.366 e. The van der Waals surface area contributed by atoms with Crippen molar-refractivity contribution >= 4 is 23.2 Å². The fourth-order valence-electron chi connectivity index (χ4n) is 4.26. The van der Waals surface area contributed by atoms with E-state index >= 15 is 0 Å². The largest absolute Gasteiger partial charge is 0.395 e. The number of nitrogens with zero attached hydrogens (tertiary/aromatic N) is 1. The van der Waals surface area contributed by atoms with Crippen molar-refractivity contribution in [2.45, 2.75) is 50.7 Å². The molecule has 5 nitrogen and oxygen atoms in total. The number of aryl methyl sites for hydroxylation is 1. The summed E-state index contributed by atoms with van der Waals surface area (Å²) in [6.07, 6.45) is -4.20. The van der Waals surface area contributed by atoms with Crippen molar-refractivity contribution in [2.75, 3.05) is 20.6 Å². The number of carbonyl (C=O) groups is 2. The number of thiophene rings is 1. The molecule has 3 rings (SSSR count). The maximum atomic E-state index is 14.1. The summed E-state index contributed by atoms with van der Waals surface area (Å²) < 4.78 is 55.7. The summed E-state index contributed by atoms with van der Waals surface area (Å²) in [5, 5.41) is 2.78. The van der Waals surface area contributed by atoms with Gasteiger partial charge in [0.1, 0.15) is 5.82 Å². The number of hydrogen-bond acceptors (Lipinski definition) is 4. The van der Waals surface area contributed by atoms with Crippen LogP contribution in [0.15, 0.2) is 30.3 Å². The molecule has 1 aliphatic carbocycles. The lowest BCUT2D eigenvalue weighted by atomic mass is 9.84. The molecule has 2 unspecified atom stereocenters. The average Bonchev–Trinajstić information content (AvgIpc) is 3.44. The number of halogens is 4. The fourth-order valence-corrected chi connectivity index (χ4v) is 5.35. The molecule has 0 radical (unpaired) electrons. The molecule has 0 saturated heterocycles. The van der Waals surface area contributed by atoms with Gasteiger partial charge in [-0.1, -0.05) is 6.07 Å². The molecular weight excluding hydrogens is 470 g/mol. The second kappa shape index (κ2) is 10.0. The SMILES string of the molecule is Cc1ccc(C(CC(=O)NCC(Cc2ccc(C(N)=O)c(F)c2)N(C)C)C2(C(F)(F)F)CC2)s1. The van der Waals surface area contributed by atoms with Crippen LogP contribution >= 0.6 is 11.3 Å². The number of benzene rings is 1. The van der Waals surface area contributed by atoms with Crippen molar-refractivity contribution < 1.29 is 27.2 Å². The highest BCUT2D eigenvalue weighted by Gasteiger charge is 2.67. The average molecular weight is 500 g/mol. The van der Waals surface area contributed by atoms with Crippen LogP contribution in [0, 0.1) is 18.2 Å². The molecule has 2 atom stereocenters. The first kappa shape index (κ1) is 26.2. The van der Waals surface area contributed by atoms with Gasteiger partial charge in [0.2, 0.25) is 5.91 Å². The van der Waals surface area contributed by atoms with Gasteiger partial charge < -0.3 is 16.0 Å². The molecule has 0 aliphatic heterocycles. The molecule has 1 aromatic carbocycles. The standard InChI is InChI=1S/C24H29F4N3O2S/c1-14-4-7-20(34-14)18(23(8-9-23)24(26,27)28)12-21(32)30-13-16(31(2)3)10-15-5-6-17(22(29)33)19(25)11-15/h4-7,11,16,18H,8-10,12-13H2,1-3H3,(H2,29,33)(H,30,32). The van der Waals surface area contributed by atoms with Crippen LogP contribution in [-0.2, 0) is 11.2 Å². The molecule has 2 aromatic rings. The summed E-state index contributed by atoms with van der Waals surface area (Å²) in [5.74, 6) is -2.95. The van der Waals surface area contributed by atoms with Gasteiger partial charge in [-0.25, -0.2) is 4.39 Å². The monoisotopic (exact) mass is 499 g/mol. The highest BCUT2D eigenvalue weighted by atomic mass is 32.1. The Balaban J connectivity index is 1.68. The van der Waals surface area contributed by atoms with E-state index in [1.54, 1.807) is 32.3 Å². The van der Waals surface area contributed by atoms with E-state index in [0.29, 0.717) is 16.9 Å². The first-order chi connectivity index (χ1) is 15.8. The van der Waals surface area contributed by atoms with Gasteiger partial charge in [0.25, 0.3) is 5.91 Å². The van der Waals surface area contributed by atoms with E-state index in [0.717, 1.165) is 4.88 Å². The normalized spacial score (nSPS) is 16.8. The Kier molecular flexibility index (Phi) is 7.72. The van der Waals surface area contributed by atoms with E-state index in [-0.39, 0.29) is 37.4 Å². The number of amides is 2. The lowest BCUT2D eigenvalue weighted by molar-refractivity contribution is -0.194. The first-order valence-corrected chi connectivity index (χ1v) is 11.8. The van der Waals surface area contributed by atoms with Crippen molar-refractivity contribution in [3.8, 4) is 0 Å². The second-order valence-corrected chi connectivity index (χ2v) is 10.5. The topological polar surface area (TPSA) is 75.4 Å². The summed E-state index contributed by atoms with van der Waals surface area (Å²) in [6.45, 7) is 2.01. The van der Waals surface area contributed by atoms with Crippen LogP contribution in [-0.4, -0.2) is 49.6 Å². The molecular formula is C24H29F4N3O2S.